The standard InChI is InChI=1S/C23H22N2O5/c26-19-14-21(30-20-6-2-1-5-18(19)20)23(28)24-15-16-9-11-25(12-10-16)22(27)8-7-17-4-3-13-29-17/h1-8,13-14,16H,9-12,15H2,(H,24,28). The van der Waals surface area contributed by atoms with E-state index >= 15 is 0 Å². The summed E-state index contributed by atoms with van der Waals surface area (Å²) in [5, 5.41) is 3.30. The molecular formula is C23H22N2O5. The zero-order valence-corrected chi connectivity index (χ0v) is 16.4. The van der Waals surface area contributed by atoms with Gasteiger partial charge in [0.05, 0.1) is 11.6 Å². The Labute approximate surface area is 173 Å². The van der Waals surface area contributed by atoms with E-state index in [1.165, 1.54) is 12.1 Å². The fourth-order valence-electron chi connectivity index (χ4n) is 3.54. The Morgan fingerprint density at radius 2 is 1.93 bits per heavy atom. The molecule has 7 nitrogen and oxygen atoms in total. The zero-order chi connectivity index (χ0) is 20.9. The van der Waals surface area contributed by atoms with Gasteiger partial charge >= 0.3 is 0 Å². The summed E-state index contributed by atoms with van der Waals surface area (Å²) in [5.41, 5.74) is 0.154. The summed E-state index contributed by atoms with van der Waals surface area (Å²) in [7, 11) is 0. The van der Waals surface area contributed by atoms with Gasteiger partial charge in [-0.2, -0.15) is 0 Å². The Kier molecular flexibility index (Phi) is 5.79. The summed E-state index contributed by atoms with van der Waals surface area (Å²) in [5.74, 6) is 0.458. The van der Waals surface area contributed by atoms with E-state index in [2.05, 4.69) is 5.32 Å². The molecule has 4 rings (SSSR count). The van der Waals surface area contributed by atoms with Crippen LogP contribution in [0.15, 0.2) is 68.4 Å². The van der Waals surface area contributed by atoms with E-state index in [9.17, 15) is 14.4 Å². The number of carbonyl (C=O) groups is 2. The van der Waals surface area contributed by atoms with Gasteiger partial charge in [-0.3, -0.25) is 14.4 Å². The van der Waals surface area contributed by atoms with Crippen LogP contribution in [-0.2, 0) is 4.79 Å². The van der Waals surface area contributed by atoms with Crippen molar-refractivity contribution >= 4 is 28.9 Å². The molecule has 3 heterocycles. The molecule has 1 aromatic carbocycles. The normalized spacial score (nSPS) is 15.0. The number of rotatable bonds is 5. The summed E-state index contributed by atoms with van der Waals surface area (Å²) in [4.78, 5) is 38.6. The van der Waals surface area contributed by atoms with Crippen LogP contribution in [0.4, 0.5) is 0 Å². The van der Waals surface area contributed by atoms with Crippen LogP contribution in [-0.4, -0.2) is 36.3 Å². The van der Waals surface area contributed by atoms with Crippen molar-refractivity contribution in [2.24, 2.45) is 5.92 Å². The van der Waals surface area contributed by atoms with Crippen LogP contribution in [0.3, 0.4) is 0 Å². The van der Waals surface area contributed by atoms with E-state index < -0.39 is 5.91 Å². The van der Waals surface area contributed by atoms with E-state index in [1.54, 1.807) is 53.6 Å². The Morgan fingerprint density at radius 1 is 1.13 bits per heavy atom. The highest BCUT2D eigenvalue weighted by atomic mass is 16.3. The molecule has 3 aromatic rings. The molecule has 0 atom stereocenters. The third-order valence-electron chi connectivity index (χ3n) is 5.27. The molecule has 0 unspecified atom stereocenters. The van der Waals surface area contributed by atoms with Crippen LogP contribution in [0.25, 0.3) is 17.0 Å². The number of piperidine rings is 1. The van der Waals surface area contributed by atoms with Crippen LogP contribution in [0.1, 0.15) is 29.2 Å². The first-order chi connectivity index (χ1) is 14.6. The second-order valence-corrected chi connectivity index (χ2v) is 7.30. The number of nitrogens with zero attached hydrogens (tertiary/aromatic N) is 1. The number of carbonyl (C=O) groups excluding carboxylic acids is 2. The Morgan fingerprint density at radius 3 is 2.70 bits per heavy atom. The molecule has 1 aliphatic heterocycles. The van der Waals surface area contributed by atoms with Crippen molar-refractivity contribution in [2.45, 2.75) is 12.8 Å². The molecule has 2 aromatic heterocycles. The number of benzene rings is 1. The van der Waals surface area contributed by atoms with Crippen molar-refractivity contribution in [3.05, 3.63) is 76.5 Å². The van der Waals surface area contributed by atoms with Gasteiger partial charge in [0.15, 0.2) is 11.2 Å². The maximum Gasteiger partial charge on any atom is 0.287 e. The Balaban J connectivity index is 1.28. The van der Waals surface area contributed by atoms with Crippen molar-refractivity contribution in [1.29, 1.82) is 0 Å². The molecule has 30 heavy (non-hydrogen) atoms. The molecule has 2 amide bonds. The number of para-hydroxylation sites is 1. The molecule has 154 valence electrons. The maximum atomic E-state index is 12.4. The number of hydrogen-bond acceptors (Lipinski definition) is 5. The number of nitrogens with one attached hydrogen (secondary N) is 1. The molecule has 0 aliphatic carbocycles. The maximum absolute atomic E-state index is 12.4. The molecule has 7 heteroatoms. The smallest absolute Gasteiger partial charge is 0.287 e. The molecule has 0 radical (unpaired) electrons. The monoisotopic (exact) mass is 406 g/mol. The third-order valence-corrected chi connectivity index (χ3v) is 5.27. The Bertz CT molecular complexity index is 1120. The highest BCUT2D eigenvalue weighted by Gasteiger charge is 2.22. The average molecular weight is 406 g/mol. The molecule has 0 saturated carbocycles. The lowest BCUT2D eigenvalue weighted by atomic mass is 9.96. The van der Waals surface area contributed by atoms with Gasteiger partial charge in [0.1, 0.15) is 11.3 Å². The van der Waals surface area contributed by atoms with Gasteiger partial charge < -0.3 is 19.1 Å². The highest BCUT2D eigenvalue weighted by molar-refractivity contribution is 5.93. The van der Waals surface area contributed by atoms with Gasteiger partial charge in [0.25, 0.3) is 5.91 Å². The lowest BCUT2D eigenvalue weighted by Crippen LogP contribution is -2.41. The van der Waals surface area contributed by atoms with Gasteiger partial charge in [0, 0.05) is 31.8 Å². The summed E-state index contributed by atoms with van der Waals surface area (Å²) >= 11 is 0. The second-order valence-electron chi connectivity index (χ2n) is 7.30. The second kappa shape index (κ2) is 8.82. The lowest BCUT2D eigenvalue weighted by molar-refractivity contribution is -0.127. The molecule has 1 saturated heterocycles. The quantitative estimate of drug-likeness (QED) is 0.658. The van der Waals surface area contributed by atoms with Gasteiger partial charge in [-0.25, -0.2) is 0 Å². The first kappa shape index (κ1) is 19.7. The topological polar surface area (TPSA) is 92.8 Å². The van der Waals surface area contributed by atoms with E-state index in [0.717, 1.165) is 12.8 Å². The van der Waals surface area contributed by atoms with Crippen LogP contribution in [0.5, 0.6) is 0 Å². The van der Waals surface area contributed by atoms with Gasteiger partial charge in [-0.1, -0.05) is 12.1 Å². The fraction of sp³-hybridized carbons (Fsp3) is 0.261. The van der Waals surface area contributed by atoms with Crippen molar-refractivity contribution in [2.75, 3.05) is 19.6 Å². The van der Waals surface area contributed by atoms with Crippen molar-refractivity contribution in [3.63, 3.8) is 0 Å². The first-order valence-electron chi connectivity index (χ1n) is 9.92. The molecule has 1 fully saturated rings. The molecular weight excluding hydrogens is 384 g/mol. The van der Waals surface area contributed by atoms with Gasteiger partial charge in [-0.15, -0.1) is 0 Å². The van der Waals surface area contributed by atoms with Crippen LogP contribution in [0, 0.1) is 5.92 Å². The number of hydrogen-bond donors (Lipinski definition) is 1. The lowest BCUT2D eigenvalue weighted by Gasteiger charge is -2.31. The van der Waals surface area contributed by atoms with E-state index in [1.807, 2.05) is 0 Å². The minimum atomic E-state index is -0.405. The summed E-state index contributed by atoms with van der Waals surface area (Å²) < 4.78 is 10.8. The average Bonchev–Trinajstić information content (AvgIpc) is 3.30. The van der Waals surface area contributed by atoms with Crippen LogP contribution < -0.4 is 10.7 Å². The minimum Gasteiger partial charge on any atom is -0.465 e. The zero-order valence-electron chi connectivity index (χ0n) is 16.4. The molecule has 0 bridgehead atoms. The van der Waals surface area contributed by atoms with Crippen molar-refractivity contribution < 1.29 is 18.4 Å². The molecule has 1 aliphatic rings. The van der Waals surface area contributed by atoms with E-state index in [4.69, 9.17) is 8.83 Å². The SMILES string of the molecule is O=C(NCC1CCN(C(=O)C=Cc2ccco2)CC1)c1cc(=O)c2ccccc2o1. The van der Waals surface area contributed by atoms with E-state index in [0.29, 0.717) is 36.4 Å². The van der Waals surface area contributed by atoms with Crippen molar-refractivity contribution in [1.82, 2.24) is 10.2 Å². The van der Waals surface area contributed by atoms with Crippen LogP contribution >= 0.6 is 0 Å². The highest BCUT2D eigenvalue weighted by Crippen LogP contribution is 2.18. The van der Waals surface area contributed by atoms with Gasteiger partial charge in [0.2, 0.25) is 5.91 Å². The van der Waals surface area contributed by atoms with Crippen LogP contribution in [0.2, 0.25) is 0 Å². The summed E-state index contributed by atoms with van der Waals surface area (Å²) in [6, 6.07) is 11.6. The molecule has 1 N–H and O–H groups in total. The first-order valence-corrected chi connectivity index (χ1v) is 9.92. The minimum absolute atomic E-state index is 0.00868. The number of fused-ring (bicyclic) bond motifs is 1. The fourth-order valence-corrected chi connectivity index (χ4v) is 3.54. The van der Waals surface area contributed by atoms with Gasteiger partial charge in [-0.05, 0) is 49.1 Å². The number of furan rings is 1. The largest absolute Gasteiger partial charge is 0.465 e. The Hall–Kier alpha value is -3.61. The number of amides is 2. The summed E-state index contributed by atoms with van der Waals surface area (Å²) in [6.45, 7) is 1.74. The van der Waals surface area contributed by atoms with E-state index in [-0.39, 0.29) is 23.0 Å². The predicted octanol–water partition coefficient (Wildman–Crippen LogP) is 3.07. The predicted molar refractivity (Wildman–Crippen MR) is 112 cm³/mol. The third kappa shape index (κ3) is 4.51. The molecule has 0 spiro atoms. The number of likely N-dealkylation sites (tertiary alicyclic amines) is 1. The summed E-state index contributed by atoms with van der Waals surface area (Å²) in [6.07, 6.45) is 6.33. The van der Waals surface area contributed by atoms with Crippen molar-refractivity contribution in [3.8, 4) is 0 Å².